The molecule has 0 heterocycles. The van der Waals surface area contributed by atoms with Gasteiger partial charge >= 0.3 is 23.9 Å². The van der Waals surface area contributed by atoms with Crippen LogP contribution in [0.3, 0.4) is 0 Å². The van der Waals surface area contributed by atoms with E-state index in [-0.39, 0.29) is 34.4 Å². The Bertz CT molecular complexity index is 1250. The van der Waals surface area contributed by atoms with Crippen molar-refractivity contribution < 1.29 is 48.3 Å². The molecule has 0 saturated carbocycles. The Morgan fingerprint density at radius 3 is 1.63 bits per heavy atom. The molecule has 0 bridgehead atoms. The van der Waals surface area contributed by atoms with Crippen molar-refractivity contribution >= 4 is 23.9 Å². The Kier molecular flexibility index (Phi) is 19.0. The predicted molar refractivity (Wildman–Crippen MR) is 177 cm³/mol. The predicted octanol–water partition coefficient (Wildman–Crippen LogP) is 7.98. The van der Waals surface area contributed by atoms with Crippen LogP contribution in [0.4, 0.5) is 0 Å². The molecule has 2 aromatic rings. The van der Waals surface area contributed by atoms with Crippen LogP contribution >= 0.6 is 0 Å². The molecule has 0 aliphatic rings. The highest BCUT2D eigenvalue weighted by molar-refractivity contribution is 5.92. The Morgan fingerprint density at radius 2 is 1.20 bits per heavy atom. The van der Waals surface area contributed by atoms with Crippen LogP contribution in [0.15, 0.2) is 36.4 Å². The van der Waals surface area contributed by atoms with Gasteiger partial charge in [-0.05, 0) is 110 Å². The molecule has 0 amide bonds. The number of methoxy groups -OCH3 is 1. The zero-order chi connectivity index (χ0) is 35.5. The average molecular weight is 647 g/mol. The van der Waals surface area contributed by atoms with Gasteiger partial charge in [0.05, 0.1) is 13.7 Å². The third-order valence-corrected chi connectivity index (χ3v) is 5.78. The van der Waals surface area contributed by atoms with Crippen LogP contribution < -0.4 is 4.74 Å². The van der Waals surface area contributed by atoms with Crippen molar-refractivity contribution in [3.63, 3.8) is 0 Å². The third-order valence-electron chi connectivity index (χ3n) is 5.78. The lowest BCUT2D eigenvalue weighted by molar-refractivity contribution is -0.156. The van der Waals surface area contributed by atoms with Crippen molar-refractivity contribution in [2.45, 2.75) is 118 Å². The lowest BCUT2D eigenvalue weighted by Gasteiger charge is -2.19. The van der Waals surface area contributed by atoms with Gasteiger partial charge in [-0.2, -0.15) is 0 Å². The zero-order valence-electron chi connectivity index (χ0n) is 29.3. The summed E-state index contributed by atoms with van der Waals surface area (Å²) in [6.45, 7) is 17.4. The Hall–Kier alpha value is -4.08. The monoisotopic (exact) mass is 646 g/mol. The van der Waals surface area contributed by atoms with Gasteiger partial charge in [-0.15, -0.1) is 0 Å². The summed E-state index contributed by atoms with van der Waals surface area (Å²) >= 11 is 0. The molecular weight excluding hydrogens is 592 g/mol. The number of ether oxygens (including phenoxy) is 4. The lowest BCUT2D eigenvalue weighted by atomic mass is 10.1. The number of carboxylic acids is 1. The zero-order valence-corrected chi connectivity index (χ0v) is 29.3. The molecule has 0 unspecified atom stereocenters. The number of esters is 3. The molecule has 0 aliphatic heterocycles. The Labute approximate surface area is 274 Å². The van der Waals surface area contributed by atoms with Crippen molar-refractivity contribution in [1.29, 1.82) is 0 Å². The quantitative estimate of drug-likeness (QED) is 0.132. The molecule has 258 valence electrons. The van der Waals surface area contributed by atoms with E-state index in [4.69, 9.17) is 19.3 Å². The maximum absolute atomic E-state index is 11.5. The molecular formula is C36H54O10. The molecule has 2 rings (SSSR count). The van der Waals surface area contributed by atoms with Crippen molar-refractivity contribution in [3.05, 3.63) is 58.7 Å². The largest absolute Gasteiger partial charge is 0.507 e. The summed E-state index contributed by atoms with van der Waals surface area (Å²) in [5.74, 6) is -1.51. The van der Waals surface area contributed by atoms with Crippen molar-refractivity contribution in [3.8, 4) is 11.5 Å². The second-order valence-corrected chi connectivity index (χ2v) is 12.8. The fourth-order valence-corrected chi connectivity index (χ4v) is 3.71. The van der Waals surface area contributed by atoms with Gasteiger partial charge in [-0.25, -0.2) is 9.59 Å². The molecule has 10 nitrogen and oxygen atoms in total. The van der Waals surface area contributed by atoms with E-state index in [1.807, 2.05) is 55.4 Å². The summed E-state index contributed by atoms with van der Waals surface area (Å²) in [5.41, 5.74) is 1.39. The van der Waals surface area contributed by atoms with Crippen LogP contribution in [0.5, 0.6) is 11.5 Å². The van der Waals surface area contributed by atoms with E-state index in [1.54, 1.807) is 18.2 Å². The normalized spacial score (nSPS) is 10.7. The number of rotatable bonds is 12. The summed E-state index contributed by atoms with van der Waals surface area (Å²) in [5, 5.41) is 18.4. The van der Waals surface area contributed by atoms with E-state index in [2.05, 4.69) is 11.7 Å². The molecule has 0 aliphatic carbocycles. The highest BCUT2D eigenvalue weighted by Crippen LogP contribution is 2.21. The molecule has 0 aromatic heterocycles. The lowest BCUT2D eigenvalue weighted by Crippen LogP contribution is -2.23. The standard InChI is InChI=1S/C17H24O5.C10H20O2.C9H10O3/c1-12-8-9-13(16(19)20)14(11-12)21-10-6-5-7-15(18)22-17(2,3)4;1-5-6-7-8-9(11)12-10(2,3)4;1-6-3-4-7(8(10)5-6)9(11)12-2/h8-9,11H,5-7,10H2,1-4H3,(H,19,20);5-8H2,1-4H3;3-5,10H,1-2H3. The molecule has 2 N–H and O–H groups in total. The fraction of sp³-hybridized carbons (Fsp3) is 0.556. The summed E-state index contributed by atoms with van der Waals surface area (Å²) in [6, 6.07) is 9.78. The van der Waals surface area contributed by atoms with E-state index in [1.165, 1.54) is 25.3 Å². The highest BCUT2D eigenvalue weighted by Gasteiger charge is 2.17. The number of hydrogen-bond donors (Lipinski definition) is 2. The SMILES string of the molecule is CCCCCC(=O)OC(C)(C)C.COC(=O)c1ccc(C)cc1O.Cc1ccc(C(=O)O)c(OCCCCC(=O)OC(C)(C)C)c1. The first-order valence-corrected chi connectivity index (χ1v) is 15.6. The first-order valence-electron chi connectivity index (χ1n) is 15.6. The summed E-state index contributed by atoms with van der Waals surface area (Å²) in [4.78, 5) is 44.7. The number of hydrogen-bond acceptors (Lipinski definition) is 9. The topological polar surface area (TPSA) is 146 Å². The van der Waals surface area contributed by atoms with E-state index in [9.17, 15) is 24.3 Å². The minimum absolute atomic E-state index is 0.0400. The second kappa shape index (κ2) is 20.9. The maximum atomic E-state index is 11.5. The number of aromatic hydroxyl groups is 1. The number of aryl methyl sites for hydroxylation is 2. The number of phenolic OH excluding ortho intramolecular Hbond substituents is 1. The van der Waals surface area contributed by atoms with Crippen molar-refractivity contribution in [2.24, 2.45) is 0 Å². The van der Waals surface area contributed by atoms with Gasteiger partial charge < -0.3 is 29.2 Å². The van der Waals surface area contributed by atoms with E-state index in [0.717, 1.165) is 30.4 Å². The van der Waals surface area contributed by atoms with E-state index >= 15 is 0 Å². The molecule has 0 saturated heterocycles. The third kappa shape index (κ3) is 20.0. The molecule has 46 heavy (non-hydrogen) atoms. The van der Waals surface area contributed by atoms with Gasteiger partial charge in [-0.3, -0.25) is 9.59 Å². The summed E-state index contributed by atoms with van der Waals surface area (Å²) in [7, 11) is 1.28. The number of unbranched alkanes of at least 4 members (excludes halogenated alkanes) is 3. The smallest absolute Gasteiger partial charge is 0.341 e. The molecule has 0 spiro atoms. The Balaban J connectivity index is 0.000000717. The first kappa shape index (κ1) is 41.9. The van der Waals surface area contributed by atoms with Crippen LogP contribution in [-0.4, -0.2) is 59.0 Å². The van der Waals surface area contributed by atoms with E-state index < -0.39 is 17.5 Å². The number of carbonyl (C=O) groups is 4. The number of carboxylic acid groups (broad SMARTS) is 1. The summed E-state index contributed by atoms with van der Waals surface area (Å²) < 4.78 is 20.3. The first-order chi connectivity index (χ1) is 21.3. The van der Waals surface area contributed by atoms with Crippen LogP contribution in [0.25, 0.3) is 0 Å². The number of carbonyl (C=O) groups excluding carboxylic acids is 3. The van der Waals surface area contributed by atoms with Crippen LogP contribution in [-0.2, 0) is 23.8 Å². The molecule has 0 fully saturated rings. The van der Waals surface area contributed by atoms with Crippen LogP contribution in [0, 0.1) is 13.8 Å². The van der Waals surface area contributed by atoms with Gasteiger partial charge in [0.25, 0.3) is 0 Å². The fourth-order valence-electron chi connectivity index (χ4n) is 3.71. The number of phenols is 1. The minimum Gasteiger partial charge on any atom is -0.507 e. The highest BCUT2D eigenvalue weighted by atomic mass is 16.6. The van der Waals surface area contributed by atoms with E-state index in [0.29, 0.717) is 38.0 Å². The van der Waals surface area contributed by atoms with Crippen LogP contribution in [0.2, 0.25) is 0 Å². The molecule has 0 radical (unpaired) electrons. The van der Waals surface area contributed by atoms with Gasteiger partial charge in [0.15, 0.2) is 0 Å². The number of benzene rings is 2. The number of aromatic carboxylic acids is 1. The van der Waals surface area contributed by atoms with Crippen LogP contribution in [0.1, 0.15) is 125 Å². The van der Waals surface area contributed by atoms with Crippen molar-refractivity contribution in [1.82, 2.24) is 0 Å². The van der Waals surface area contributed by atoms with Gasteiger partial charge in [0.2, 0.25) is 0 Å². The Morgan fingerprint density at radius 1 is 0.717 bits per heavy atom. The second-order valence-electron chi connectivity index (χ2n) is 12.8. The minimum atomic E-state index is -1.01. The average Bonchev–Trinajstić information content (AvgIpc) is 2.91. The molecule has 10 heteroatoms. The van der Waals surface area contributed by atoms with Crippen molar-refractivity contribution in [2.75, 3.05) is 13.7 Å². The molecule has 0 atom stereocenters. The van der Waals surface area contributed by atoms with Gasteiger partial charge in [-0.1, -0.05) is 31.9 Å². The van der Waals surface area contributed by atoms with Gasteiger partial charge in [0, 0.05) is 12.8 Å². The molecule has 2 aromatic carbocycles. The summed E-state index contributed by atoms with van der Waals surface area (Å²) in [6.07, 6.45) is 5.40. The maximum Gasteiger partial charge on any atom is 0.341 e. The van der Waals surface area contributed by atoms with Gasteiger partial charge in [0.1, 0.15) is 33.8 Å².